The Morgan fingerprint density at radius 1 is 0.912 bits per heavy atom. The van der Waals surface area contributed by atoms with Crippen LogP contribution in [0.2, 0.25) is 0 Å². The minimum atomic E-state index is -1.14. The Labute approximate surface area is 338 Å². The Morgan fingerprint density at radius 2 is 1.53 bits per heavy atom. The van der Waals surface area contributed by atoms with Gasteiger partial charge in [0.1, 0.15) is 22.6 Å². The molecule has 7 rings (SSSR count). The number of nitrogens with two attached hydrogens (primary N) is 1. The highest BCUT2D eigenvalue weighted by molar-refractivity contribution is 5.99. The zero-order valence-corrected chi connectivity index (χ0v) is 35.5. The average Bonchev–Trinajstić information content (AvgIpc) is 3.60. The minimum absolute atomic E-state index is 0.00616. The lowest BCUT2D eigenvalue weighted by Crippen LogP contribution is -2.71. The highest BCUT2D eigenvalue weighted by Gasteiger charge is 2.63. The number of ether oxygens (including phenoxy) is 3. The summed E-state index contributed by atoms with van der Waals surface area (Å²) in [4.78, 5) is 47.3. The summed E-state index contributed by atoms with van der Waals surface area (Å²) in [6.45, 7) is 12.3. The van der Waals surface area contributed by atoms with Gasteiger partial charge in [-0.25, -0.2) is 9.48 Å². The fourth-order valence-corrected chi connectivity index (χ4v) is 9.79. The van der Waals surface area contributed by atoms with Crippen LogP contribution in [-0.4, -0.2) is 103 Å². The van der Waals surface area contributed by atoms with Crippen LogP contribution >= 0.6 is 0 Å². The van der Waals surface area contributed by atoms with Crippen molar-refractivity contribution in [3.05, 3.63) is 59.3 Å². The molecule has 0 aliphatic heterocycles. The van der Waals surface area contributed by atoms with Gasteiger partial charge in [-0.05, 0) is 164 Å². The Kier molecular flexibility index (Phi) is 12.7. The SMILES string of the molecule is COc1cccc(OC)c1-c1cc(C(=O)NC2(C(=O)OC(C)(C)C)C3CC4CC(C3)CC2C4)nn1-c1ccc(C(=O)N(CCCN)CCCN(C)C)cc1C(C)C. The van der Waals surface area contributed by atoms with Crippen LogP contribution in [0.4, 0.5) is 0 Å². The third kappa shape index (κ3) is 8.72. The minimum Gasteiger partial charge on any atom is -0.496 e. The van der Waals surface area contributed by atoms with E-state index in [1.54, 1.807) is 25.0 Å². The zero-order chi connectivity index (χ0) is 41.2. The smallest absolute Gasteiger partial charge is 0.332 e. The molecule has 2 amide bonds. The Balaban J connectivity index is 1.45. The predicted octanol–water partition coefficient (Wildman–Crippen LogP) is 6.69. The number of amides is 2. The molecule has 57 heavy (non-hydrogen) atoms. The number of nitrogens with one attached hydrogen (secondary N) is 1. The van der Waals surface area contributed by atoms with Crippen molar-refractivity contribution in [2.75, 3.05) is 54.5 Å². The first-order valence-corrected chi connectivity index (χ1v) is 20.8. The van der Waals surface area contributed by atoms with Crippen LogP contribution < -0.4 is 20.5 Å². The maximum absolute atomic E-state index is 14.8. The van der Waals surface area contributed by atoms with Crippen molar-refractivity contribution in [2.45, 2.75) is 96.6 Å². The van der Waals surface area contributed by atoms with Gasteiger partial charge in [-0.3, -0.25) is 9.59 Å². The van der Waals surface area contributed by atoms with E-state index in [0.717, 1.165) is 44.2 Å². The molecule has 12 heteroatoms. The van der Waals surface area contributed by atoms with Crippen LogP contribution in [0.5, 0.6) is 11.5 Å². The number of esters is 1. The molecule has 4 bridgehead atoms. The van der Waals surface area contributed by atoms with E-state index in [1.165, 1.54) is 6.42 Å². The molecule has 4 aliphatic rings. The average molecular weight is 785 g/mol. The molecule has 0 saturated heterocycles. The van der Waals surface area contributed by atoms with E-state index < -0.39 is 17.0 Å². The Bertz CT molecular complexity index is 1880. The first-order chi connectivity index (χ1) is 27.1. The van der Waals surface area contributed by atoms with E-state index in [2.05, 4.69) is 24.1 Å². The summed E-state index contributed by atoms with van der Waals surface area (Å²) in [5.74, 6) is 1.35. The highest BCUT2D eigenvalue weighted by atomic mass is 16.6. The van der Waals surface area contributed by atoms with Gasteiger partial charge in [0, 0.05) is 18.7 Å². The fourth-order valence-electron chi connectivity index (χ4n) is 9.79. The van der Waals surface area contributed by atoms with Crippen molar-refractivity contribution in [1.29, 1.82) is 0 Å². The van der Waals surface area contributed by atoms with Crippen LogP contribution in [0.15, 0.2) is 42.5 Å². The van der Waals surface area contributed by atoms with E-state index in [0.29, 0.717) is 71.9 Å². The van der Waals surface area contributed by atoms with Gasteiger partial charge in [-0.1, -0.05) is 19.9 Å². The van der Waals surface area contributed by atoms with E-state index in [1.807, 2.05) is 76.2 Å². The molecule has 1 heterocycles. The van der Waals surface area contributed by atoms with Crippen molar-refractivity contribution < 1.29 is 28.6 Å². The first-order valence-electron chi connectivity index (χ1n) is 20.8. The standard InChI is InChI=1S/C45H64N6O6/c1-28(2)34-26-31(42(53)50(19-11-17-46)20-12-18-49(6)7)15-16-36(34)51-37(40-38(55-8)13-10-14-39(40)56-9)27-35(48-51)41(52)47-45(43(54)57-44(3,4)5)32-22-29-21-30(24-32)25-33(45)23-29/h10,13-16,26-30,32-33H,11-12,17-25,46H2,1-9H3,(H,47,52). The van der Waals surface area contributed by atoms with Gasteiger partial charge in [0.25, 0.3) is 11.8 Å². The molecule has 2 aromatic carbocycles. The maximum atomic E-state index is 14.8. The molecule has 0 atom stereocenters. The maximum Gasteiger partial charge on any atom is 0.332 e. The quantitative estimate of drug-likeness (QED) is 0.152. The number of methoxy groups -OCH3 is 2. The molecule has 0 radical (unpaired) electrons. The molecule has 0 unspecified atom stereocenters. The molecule has 3 aromatic rings. The summed E-state index contributed by atoms with van der Waals surface area (Å²) in [6.07, 6.45) is 6.34. The number of carbonyl (C=O) groups is 3. The van der Waals surface area contributed by atoms with Gasteiger partial charge in [-0.15, -0.1) is 0 Å². The van der Waals surface area contributed by atoms with E-state index in [-0.39, 0.29) is 35.3 Å². The van der Waals surface area contributed by atoms with Crippen molar-refractivity contribution >= 4 is 17.8 Å². The lowest BCUT2D eigenvalue weighted by atomic mass is 9.48. The zero-order valence-electron chi connectivity index (χ0n) is 35.5. The number of benzene rings is 2. The van der Waals surface area contributed by atoms with Crippen molar-refractivity contribution in [3.63, 3.8) is 0 Å². The van der Waals surface area contributed by atoms with E-state index in [4.69, 9.17) is 25.0 Å². The van der Waals surface area contributed by atoms with Crippen molar-refractivity contribution in [2.24, 2.45) is 29.4 Å². The molecule has 0 spiro atoms. The highest BCUT2D eigenvalue weighted by Crippen LogP contribution is 2.59. The lowest BCUT2D eigenvalue weighted by molar-refractivity contribution is -0.180. The van der Waals surface area contributed by atoms with Gasteiger partial charge >= 0.3 is 5.97 Å². The summed E-state index contributed by atoms with van der Waals surface area (Å²) >= 11 is 0. The summed E-state index contributed by atoms with van der Waals surface area (Å²) in [5, 5.41) is 8.35. The van der Waals surface area contributed by atoms with Crippen LogP contribution in [0.3, 0.4) is 0 Å². The van der Waals surface area contributed by atoms with Crippen LogP contribution in [0.1, 0.15) is 112 Å². The van der Waals surface area contributed by atoms with Gasteiger partial charge < -0.3 is 35.1 Å². The van der Waals surface area contributed by atoms with E-state index in [9.17, 15) is 14.4 Å². The van der Waals surface area contributed by atoms with E-state index >= 15 is 0 Å². The largest absolute Gasteiger partial charge is 0.496 e. The summed E-state index contributed by atoms with van der Waals surface area (Å²) < 4.78 is 19.6. The molecule has 4 fully saturated rings. The number of rotatable bonds is 16. The van der Waals surface area contributed by atoms with Crippen molar-refractivity contribution in [1.82, 2.24) is 24.9 Å². The molecule has 4 aliphatic carbocycles. The van der Waals surface area contributed by atoms with Gasteiger partial charge in [0.2, 0.25) is 0 Å². The Morgan fingerprint density at radius 3 is 2.07 bits per heavy atom. The second-order valence-corrected chi connectivity index (χ2v) is 18.0. The normalized spacial score (nSPS) is 22.5. The predicted molar refractivity (Wildman–Crippen MR) is 222 cm³/mol. The third-order valence-corrected chi connectivity index (χ3v) is 12.2. The first kappa shape index (κ1) is 42.2. The van der Waals surface area contributed by atoms with Crippen molar-refractivity contribution in [3.8, 4) is 28.4 Å². The summed E-state index contributed by atoms with van der Waals surface area (Å²) in [5.41, 5.74) is 7.52. The fraction of sp³-hybridized carbons (Fsp3) is 0.600. The topological polar surface area (TPSA) is 141 Å². The van der Waals surface area contributed by atoms with Crippen LogP contribution in [0.25, 0.3) is 16.9 Å². The number of carbonyl (C=O) groups excluding carboxylic acids is 3. The Hall–Kier alpha value is -4.42. The molecule has 1 aromatic heterocycles. The van der Waals surface area contributed by atoms with Gasteiger partial charge in [-0.2, -0.15) is 5.10 Å². The molecular weight excluding hydrogens is 721 g/mol. The molecule has 3 N–H and O–H groups in total. The summed E-state index contributed by atoms with van der Waals surface area (Å²) in [7, 11) is 7.25. The van der Waals surface area contributed by atoms with Gasteiger partial charge in [0.05, 0.1) is 31.2 Å². The van der Waals surface area contributed by atoms with Crippen LogP contribution in [-0.2, 0) is 9.53 Å². The monoisotopic (exact) mass is 784 g/mol. The van der Waals surface area contributed by atoms with Gasteiger partial charge in [0.15, 0.2) is 5.69 Å². The third-order valence-electron chi connectivity index (χ3n) is 12.2. The molecular formula is C45H64N6O6. The molecule has 12 nitrogen and oxygen atoms in total. The second kappa shape index (κ2) is 17.2. The lowest BCUT2D eigenvalue weighted by Gasteiger charge is -2.59. The van der Waals surface area contributed by atoms with Crippen LogP contribution in [0, 0.1) is 23.7 Å². The molecule has 4 saturated carbocycles. The number of hydrogen-bond donors (Lipinski definition) is 2. The number of nitrogens with zero attached hydrogens (tertiary/aromatic N) is 4. The molecule has 310 valence electrons. The number of hydrogen-bond acceptors (Lipinski definition) is 9. The number of aromatic nitrogens is 2. The summed E-state index contributed by atoms with van der Waals surface area (Å²) in [6, 6.07) is 13.0. The second-order valence-electron chi connectivity index (χ2n) is 18.0.